The Labute approximate surface area is 168 Å². The second-order valence-corrected chi connectivity index (χ2v) is 7.06. The number of hydrogen-bond donors (Lipinski definition) is 4. The normalized spacial score (nSPS) is 11.9. The zero-order valence-corrected chi connectivity index (χ0v) is 17.0. The fourth-order valence-electron chi connectivity index (χ4n) is 2.74. The van der Waals surface area contributed by atoms with Gasteiger partial charge in [0, 0.05) is 11.9 Å². The minimum atomic E-state index is -1.23. The van der Waals surface area contributed by atoms with Gasteiger partial charge in [0.2, 0.25) is 5.91 Å². The molecule has 2 heterocycles. The molecule has 1 unspecified atom stereocenters. The van der Waals surface area contributed by atoms with Crippen molar-refractivity contribution >= 4 is 39.6 Å². The van der Waals surface area contributed by atoms with Gasteiger partial charge in [0.1, 0.15) is 11.6 Å². The molecule has 2 aromatic heterocycles. The molecule has 0 bridgehead atoms. The van der Waals surface area contributed by atoms with Crippen LogP contribution in [0.25, 0.3) is 21.9 Å². The van der Waals surface area contributed by atoms with Gasteiger partial charge >= 0.3 is 5.97 Å². The van der Waals surface area contributed by atoms with Gasteiger partial charge in [-0.2, -0.15) is 0 Å². The molecule has 0 saturated carbocycles. The number of rotatable bonds is 6. The summed E-state index contributed by atoms with van der Waals surface area (Å²) >= 11 is 0. The number of carbonyl (C=O) groups is 2. The van der Waals surface area contributed by atoms with Gasteiger partial charge < -0.3 is 25.4 Å². The van der Waals surface area contributed by atoms with E-state index in [0.717, 1.165) is 28.5 Å². The van der Waals surface area contributed by atoms with Crippen molar-refractivity contribution in [3.8, 4) is 0 Å². The fourth-order valence-corrected chi connectivity index (χ4v) is 2.74. The topological polar surface area (TPSA) is 129 Å². The highest BCUT2D eigenvalue weighted by Gasteiger charge is 2.15. The van der Waals surface area contributed by atoms with Gasteiger partial charge in [-0.1, -0.05) is 32.0 Å². The average Bonchev–Trinajstić information content (AvgIpc) is 3.06. The molecular weight excluding hydrogens is 374 g/mol. The maximum Gasteiger partial charge on any atom is 0.332 e. The molecule has 0 aliphatic heterocycles. The maximum absolute atomic E-state index is 11.9. The van der Waals surface area contributed by atoms with Gasteiger partial charge in [-0.15, -0.1) is 0 Å². The van der Waals surface area contributed by atoms with Crippen molar-refractivity contribution in [2.24, 2.45) is 5.92 Å². The highest BCUT2D eigenvalue weighted by Crippen LogP contribution is 2.29. The number of fused-ring (bicyclic) bond motifs is 3. The Kier molecular flexibility index (Phi) is 7.63. The first-order chi connectivity index (χ1) is 13.7. The van der Waals surface area contributed by atoms with Gasteiger partial charge in [-0.25, -0.2) is 14.8 Å². The molecule has 3 aromatic rings. The molecule has 4 N–H and O–H groups in total. The van der Waals surface area contributed by atoms with Gasteiger partial charge in [0.15, 0.2) is 5.82 Å². The van der Waals surface area contributed by atoms with Crippen LogP contribution in [0.1, 0.15) is 20.8 Å². The minimum Gasteiger partial charge on any atom is -0.479 e. The van der Waals surface area contributed by atoms with E-state index in [0.29, 0.717) is 11.7 Å². The molecular formula is C20H27N5O4. The van der Waals surface area contributed by atoms with Crippen LogP contribution in [0, 0.1) is 5.92 Å². The first kappa shape index (κ1) is 22.3. The number of para-hydroxylation sites is 1. The van der Waals surface area contributed by atoms with E-state index in [-0.39, 0.29) is 12.5 Å². The first-order valence-electron chi connectivity index (χ1n) is 9.33. The summed E-state index contributed by atoms with van der Waals surface area (Å²) in [5.74, 6) is -0.298. The second-order valence-electron chi connectivity index (χ2n) is 7.06. The molecule has 0 fully saturated rings. The van der Waals surface area contributed by atoms with Crippen molar-refractivity contribution in [2.75, 3.05) is 18.9 Å². The summed E-state index contributed by atoms with van der Waals surface area (Å²) in [5.41, 5.74) is 2.60. The van der Waals surface area contributed by atoms with Crippen LogP contribution < -0.4 is 10.6 Å². The number of carboxylic acids is 1. The monoisotopic (exact) mass is 401 g/mol. The summed E-state index contributed by atoms with van der Waals surface area (Å²) in [7, 11) is 1.74. The fraction of sp³-hybridized carbons (Fsp3) is 0.400. The number of likely N-dealkylation sites (N-methyl/N-ethyl adjacent to an activating group) is 1. The molecule has 1 amide bonds. The number of aliphatic carboxylic acids is 1. The average molecular weight is 401 g/mol. The molecule has 0 spiro atoms. The summed E-state index contributed by atoms with van der Waals surface area (Å²) < 4.78 is 2.14. The number of imidazole rings is 1. The number of pyridine rings is 1. The number of aliphatic hydroxyl groups is 1. The third-order valence-electron chi connectivity index (χ3n) is 3.97. The first-order valence-corrected chi connectivity index (χ1v) is 9.33. The Morgan fingerprint density at radius 1 is 1.21 bits per heavy atom. The summed E-state index contributed by atoms with van der Waals surface area (Å²) in [6, 6.07) is 7.94. The largest absolute Gasteiger partial charge is 0.479 e. The van der Waals surface area contributed by atoms with Crippen LogP contribution in [0.4, 0.5) is 5.82 Å². The summed E-state index contributed by atoms with van der Waals surface area (Å²) in [4.78, 5) is 30.5. The Morgan fingerprint density at radius 3 is 2.45 bits per heavy atom. The Morgan fingerprint density at radius 2 is 1.86 bits per heavy atom. The number of nitrogens with zero attached hydrogens (tertiary/aromatic N) is 3. The highest BCUT2D eigenvalue weighted by molar-refractivity contribution is 6.09. The van der Waals surface area contributed by atoms with Crippen molar-refractivity contribution in [3.05, 3.63) is 30.6 Å². The van der Waals surface area contributed by atoms with Crippen molar-refractivity contribution < 1.29 is 19.8 Å². The number of aromatic nitrogens is 3. The number of nitrogens with one attached hydrogen (secondary N) is 2. The number of benzene rings is 1. The van der Waals surface area contributed by atoms with E-state index in [1.165, 1.54) is 6.92 Å². The molecule has 3 rings (SSSR count). The third kappa shape index (κ3) is 5.72. The number of carboxylic acid groups (broad SMARTS) is 1. The number of amides is 1. The van der Waals surface area contributed by atoms with Gasteiger partial charge in [0.05, 0.1) is 23.9 Å². The van der Waals surface area contributed by atoms with Crippen molar-refractivity contribution in [1.29, 1.82) is 0 Å². The van der Waals surface area contributed by atoms with Crippen molar-refractivity contribution in [3.63, 3.8) is 0 Å². The van der Waals surface area contributed by atoms with Crippen LogP contribution >= 0.6 is 0 Å². The molecule has 0 saturated heterocycles. The summed E-state index contributed by atoms with van der Waals surface area (Å²) in [6.45, 7) is 6.65. The SMILES string of the molecule is CC(O)C(=O)O.CNCC(=O)Nc1nc2ccccc2c2c1ncn2CC(C)C. The minimum absolute atomic E-state index is 0.130. The summed E-state index contributed by atoms with van der Waals surface area (Å²) in [5, 5.41) is 22.5. The van der Waals surface area contributed by atoms with Gasteiger partial charge in [-0.3, -0.25) is 4.79 Å². The molecule has 9 nitrogen and oxygen atoms in total. The Balaban J connectivity index is 0.000000438. The van der Waals surface area contributed by atoms with Gasteiger partial charge in [0.25, 0.3) is 0 Å². The lowest BCUT2D eigenvalue weighted by Gasteiger charge is -2.11. The standard InChI is InChI=1S/C17H21N5O.C3H6O3/c1-11(2)9-22-10-19-15-16(22)12-6-4-5-7-13(12)20-17(15)21-14(23)8-18-3;1-2(4)3(5)6/h4-7,10-11,18H,8-9H2,1-3H3,(H,20,21,23);2,4H,1H3,(H,5,6). The predicted molar refractivity (Wildman–Crippen MR) is 112 cm³/mol. The Bertz CT molecular complexity index is 997. The molecule has 0 aliphatic carbocycles. The molecule has 0 radical (unpaired) electrons. The smallest absolute Gasteiger partial charge is 0.332 e. The third-order valence-corrected chi connectivity index (χ3v) is 3.97. The van der Waals surface area contributed by atoms with Gasteiger partial charge in [-0.05, 0) is 26.0 Å². The maximum atomic E-state index is 11.9. The predicted octanol–water partition coefficient (Wildman–Crippen LogP) is 1.85. The van der Waals surface area contributed by atoms with E-state index in [9.17, 15) is 9.59 Å². The molecule has 29 heavy (non-hydrogen) atoms. The molecule has 9 heteroatoms. The van der Waals surface area contributed by atoms with E-state index >= 15 is 0 Å². The second kappa shape index (κ2) is 9.94. The van der Waals surface area contributed by atoms with Crippen LogP contribution in [-0.2, 0) is 16.1 Å². The van der Waals surface area contributed by atoms with Crippen LogP contribution in [-0.4, -0.2) is 56.3 Å². The van der Waals surface area contributed by atoms with Crippen LogP contribution in [0.3, 0.4) is 0 Å². The van der Waals surface area contributed by atoms with Crippen molar-refractivity contribution in [1.82, 2.24) is 19.9 Å². The van der Waals surface area contributed by atoms with Crippen LogP contribution in [0.5, 0.6) is 0 Å². The number of hydrogen-bond acceptors (Lipinski definition) is 6. The lowest BCUT2D eigenvalue weighted by Crippen LogP contribution is -2.25. The zero-order valence-electron chi connectivity index (χ0n) is 17.0. The number of aliphatic hydroxyl groups excluding tert-OH is 1. The lowest BCUT2D eigenvalue weighted by molar-refractivity contribution is -0.145. The molecule has 156 valence electrons. The van der Waals surface area contributed by atoms with Crippen molar-refractivity contribution in [2.45, 2.75) is 33.4 Å². The van der Waals surface area contributed by atoms with E-state index in [1.807, 2.05) is 30.6 Å². The molecule has 1 atom stereocenters. The number of anilines is 1. The van der Waals surface area contributed by atoms with E-state index in [1.54, 1.807) is 7.05 Å². The highest BCUT2D eigenvalue weighted by atomic mass is 16.4. The number of carbonyl (C=O) groups excluding carboxylic acids is 1. The molecule has 0 aliphatic rings. The van der Waals surface area contributed by atoms with Crippen LogP contribution in [0.2, 0.25) is 0 Å². The van der Waals surface area contributed by atoms with Crippen LogP contribution in [0.15, 0.2) is 30.6 Å². The van der Waals surface area contributed by atoms with E-state index < -0.39 is 12.1 Å². The Hall–Kier alpha value is -3.04. The van der Waals surface area contributed by atoms with E-state index in [2.05, 4.69) is 39.0 Å². The van der Waals surface area contributed by atoms with E-state index in [4.69, 9.17) is 10.2 Å². The molecule has 1 aromatic carbocycles. The quantitative estimate of drug-likeness (QED) is 0.496. The summed E-state index contributed by atoms with van der Waals surface area (Å²) in [6.07, 6.45) is 0.594. The lowest BCUT2D eigenvalue weighted by atomic mass is 10.1. The zero-order chi connectivity index (χ0) is 21.6.